The van der Waals surface area contributed by atoms with Crippen LogP contribution in [0.15, 0.2) is 43.0 Å². The van der Waals surface area contributed by atoms with E-state index in [2.05, 4.69) is 55.3 Å². The molecule has 1 aromatic carbocycles. The maximum atomic E-state index is 4.07. The Labute approximate surface area is 122 Å². The van der Waals surface area contributed by atoms with E-state index in [4.69, 9.17) is 0 Å². The summed E-state index contributed by atoms with van der Waals surface area (Å²) >= 11 is 0. The van der Waals surface area contributed by atoms with Gasteiger partial charge in [-0.15, -0.1) is 0 Å². The third-order valence-corrected chi connectivity index (χ3v) is 3.72. The van der Waals surface area contributed by atoms with Crippen LogP contribution in [0.5, 0.6) is 0 Å². The zero-order valence-corrected chi connectivity index (χ0v) is 12.7. The molecule has 1 heterocycles. The van der Waals surface area contributed by atoms with E-state index in [1.54, 1.807) is 6.20 Å². The average Bonchev–Trinajstić information content (AvgIpc) is 2.99. The first-order chi connectivity index (χ1) is 9.70. The van der Waals surface area contributed by atoms with Crippen molar-refractivity contribution in [2.75, 3.05) is 0 Å². The molecular weight excluding hydrogens is 246 g/mol. The third-order valence-electron chi connectivity index (χ3n) is 3.72. The lowest BCUT2D eigenvalue weighted by atomic mass is 10.1. The Morgan fingerprint density at radius 2 is 1.95 bits per heavy atom. The highest BCUT2D eigenvalue weighted by atomic mass is 15.0. The second-order valence-electron chi connectivity index (χ2n) is 5.49. The number of hydrogen-bond acceptors (Lipinski definition) is 2. The fourth-order valence-electron chi connectivity index (χ4n) is 2.46. The number of nitrogens with zero attached hydrogens (tertiary/aromatic N) is 2. The number of aromatic nitrogens is 2. The summed E-state index contributed by atoms with van der Waals surface area (Å²) in [5.41, 5.74) is 2.48. The molecule has 2 atom stereocenters. The van der Waals surface area contributed by atoms with Crippen molar-refractivity contribution in [3.8, 4) is 5.69 Å². The molecule has 2 unspecified atom stereocenters. The number of rotatable bonds is 7. The molecule has 0 radical (unpaired) electrons. The quantitative estimate of drug-likeness (QED) is 0.821. The second kappa shape index (κ2) is 7.25. The Balaban J connectivity index is 1.95. The van der Waals surface area contributed by atoms with Gasteiger partial charge in [-0.25, -0.2) is 4.98 Å². The van der Waals surface area contributed by atoms with Crippen LogP contribution in [-0.2, 0) is 0 Å². The molecule has 0 saturated carbocycles. The molecule has 108 valence electrons. The summed E-state index contributed by atoms with van der Waals surface area (Å²) in [4.78, 5) is 4.07. The van der Waals surface area contributed by atoms with Gasteiger partial charge in [0.15, 0.2) is 0 Å². The molecule has 1 aromatic heterocycles. The van der Waals surface area contributed by atoms with Crippen molar-refractivity contribution in [3.05, 3.63) is 48.5 Å². The molecule has 0 bridgehead atoms. The van der Waals surface area contributed by atoms with Gasteiger partial charge in [0.25, 0.3) is 0 Å². The van der Waals surface area contributed by atoms with E-state index in [0.29, 0.717) is 12.1 Å². The second-order valence-corrected chi connectivity index (χ2v) is 5.49. The first-order valence-corrected chi connectivity index (χ1v) is 7.55. The van der Waals surface area contributed by atoms with Crippen LogP contribution in [0, 0.1) is 0 Å². The van der Waals surface area contributed by atoms with Crippen molar-refractivity contribution in [1.29, 1.82) is 0 Å². The monoisotopic (exact) mass is 271 g/mol. The summed E-state index contributed by atoms with van der Waals surface area (Å²) in [5.74, 6) is 0. The lowest BCUT2D eigenvalue weighted by molar-refractivity contribution is 0.444. The van der Waals surface area contributed by atoms with Gasteiger partial charge in [-0.2, -0.15) is 0 Å². The molecule has 0 spiro atoms. The SMILES string of the molecule is CCCCC(C)NC(C)c1ccc(-n2ccnc2)cc1. The van der Waals surface area contributed by atoms with Gasteiger partial charge in [-0.3, -0.25) is 0 Å². The minimum Gasteiger partial charge on any atom is -0.308 e. The first-order valence-electron chi connectivity index (χ1n) is 7.55. The summed E-state index contributed by atoms with van der Waals surface area (Å²) in [7, 11) is 0. The predicted octanol–water partition coefficient (Wildman–Crippen LogP) is 4.10. The molecule has 2 rings (SSSR count). The van der Waals surface area contributed by atoms with Crippen molar-refractivity contribution < 1.29 is 0 Å². The standard InChI is InChI=1S/C17H25N3/c1-4-5-6-14(2)19-15(3)16-7-9-17(10-8-16)20-12-11-18-13-20/h7-15,19H,4-6H2,1-3H3. The molecular formula is C17H25N3. The summed E-state index contributed by atoms with van der Waals surface area (Å²) in [6, 6.07) is 9.63. The van der Waals surface area contributed by atoms with Gasteiger partial charge in [-0.1, -0.05) is 31.9 Å². The van der Waals surface area contributed by atoms with Crippen LogP contribution < -0.4 is 5.32 Å². The van der Waals surface area contributed by atoms with Gasteiger partial charge in [0.2, 0.25) is 0 Å². The van der Waals surface area contributed by atoms with Crippen molar-refractivity contribution in [1.82, 2.24) is 14.9 Å². The molecule has 3 heteroatoms. The number of imidazole rings is 1. The van der Waals surface area contributed by atoms with E-state index < -0.39 is 0 Å². The number of unbranched alkanes of at least 4 members (excludes halogenated alkanes) is 1. The topological polar surface area (TPSA) is 29.9 Å². The van der Waals surface area contributed by atoms with Gasteiger partial charge in [-0.05, 0) is 38.0 Å². The summed E-state index contributed by atoms with van der Waals surface area (Å²) < 4.78 is 2.02. The van der Waals surface area contributed by atoms with Gasteiger partial charge in [0, 0.05) is 30.2 Å². The zero-order chi connectivity index (χ0) is 14.4. The van der Waals surface area contributed by atoms with Gasteiger partial charge in [0.05, 0.1) is 6.33 Å². The summed E-state index contributed by atoms with van der Waals surface area (Å²) in [5, 5.41) is 3.67. The molecule has 0 aliphatic rings. The maximum absolute atomic E-state index is 4.07. The van der Waals surface area contributed by atoms with E-state index >= 15 is 0 Å². The largest absolute Gasteiger partial charge is 0.308 e. The Kier molecular flexibility index (Phi) is 5.36. The molecule has 0 fully saturated rings. The van der Waals surface area contributed by atoms with Crippen molar-refractivity contribution in [2.45, 2.75) is 52.1 Å². The molecule has 0 aliphatic heterocycles. The van der Waals surface area contributed by atoms with Crippen LogP contribution in [0.4, 0.5) is 0 Å². The van der Waals surface area contributed by atoms with Crippen molar-refractivity contribution >= 4 is 0 Å². The van der Waals surface area contributed by atoms with Gasteiger partial charge < -0.3 is 9.88 Å². The lowest BCUT2D eigenvalue weighted by Gasteiger charge is -2.20. The van der Waals surface area contributed by atoms with Crippen LogP contribution in [0.2, 0.25) is 0 Å². The Morgan fingerprint density at radius 1 is 1.20 bits per heavy atom. The van der Waals surface area contributed by atoms with E-state index in [1.165, 1.54) is 24.8 Å². The molecule has 0 amide bonds. The summed E-state index contributed by atoms with van der Waals surface area (Å²) in [6.45, 7) is 6.74. The third kappa shape index (κ3) is 3.94. The predicted molar refractivity (Wildman–Crippen MR) is 84.1 cm³/mol. The molecule has 0 saturated heterocycles. The van der Waals surface area contributed by atoms with Crippen molar-refractivity contribution in [2.24, 2.45) is 0 Å². The number of nitrogens with one attached hydrogen (secondary N) is 1. The maximum Gasteiger partial charge on any atom is 0.0991 e. The highest BCUT2D eigenvalue weighted by Gasteiger charge is 2.09. The minimum absolute atomic E-state index is 0.388. The Hall–Kier alpha value is -1.61. The molecule has 2 aromatic rings. The highest BCUT2D eigenvalue weighted by molar-refractivity contribution is 5.35. The van der Waals surface area contributed by atoms with Crippen LogP contribution in [0.1, 0.15) is 51.6 Å². The first kappa shape index (κ1) is 14.8. The molecule has 1 N–H and O–H groups in total. The van der Waals surface area contributed by atoms with E-state index in [0.717, 1.165) is 5.69 Å². The van der Waals surface area contributed by atoms with Gasteiger partial charge in [0.1, 0.15) is 0 Å². The van der Waals surface area contributed by atoms with Crippen molar-refractivity contribution in [3.63, 3.8) is 0 Å². The van der Waals surface area contributed by atoms with Crippen LogP contribution in [-0.4, -0.2) is 15.6 Å². The fourth-order valence-corrected chi connectivity index (χ4v) is 2.46. The minimum atomic E-state index is 0.388. The van der Waals surface area contributed by atoms with Crippen LogP contribution in [0.3, 0.4) is 0 Å². The Bertz CT molecular complexity index is 487. The van der Waals surface area contributed by atoms with Gasteiger partial charge >= 0.3 is 0 Å². The average molecular weight is 271 g/mol. The summed E-state index contributed by atoms with van der Waals surface area (Å²) in [6.07, 6.45) is 9.38. The normalized spacial score (nSPS) is 14.2. The lowest BCUT2D eigenvalue weighted by Crippen LogP contribution is -2.28. The smallest absolute Gasteiger partial charge is 0.0991 e. The van der Waals surface area contributed by atoms with E-state index in [9.17, 15) is 0 Å². The molecule has 0 aliphatic carbocycles. The molecule has 20 heavy (non-hydrogen) atoms. The molecule has 3 nitrogen and oxygen atoms in total. The van der Waals surface area contributed by atoms with E-state index in [-0.39, 0.29) is 0 Å². The zero-order valence-electron chi connectivity index (χ0n) is 12.7. The highest BCUT2D eigenvalue weighted by Crippen LogP contribution is 2.17. The number of hydrogen-bond donors (Lipinski definition) is 1. The fraction of sp³-hybridized carbons (Fsp3) is 0.471. The van der Waals surface area contributed by atoms with E-state index in [1.807, 2.05) is 17.1 Å². The Morgan fingerprint density at radius 3 is 2.55 bits per heavy atom. The number of benzene rings is 1. The van der Waals surface area contributed by atoms with Crippen LogP contribution in [0.25, 0.3) is 5.69 Å². The van der Waals surface area contributed by atoms with Crippen LogP contribution >= 0.6 is 0 Å².